The Bertz CT molecular complexity index is 1070. The van der Waals surface area contributed by atoms with Gasteiger partial charge in [0, 0.05) is 31.0 Å². The van der Waals surface area contributed by atoms with Crippen LogP contribution in [0.25, 0.3) is 11.0 Å². The van der Waals surface area contributed by atoms with Crippen LogP contribution in [0.15, 0.2) is 30.3 Å². The molecule has 0 aliphatic heterocycles. The summed E-state index contributed by atoms with van der Waals surface area (Å²) in [4.78, 5) is 31.8. The van der Waals surface area contributed by atoms with Gasteiger partial charge in [-0.15, -0.1) is 0 Å². The minimum absolute atomic E-state index is 0.0608. The van der Waals surface area contributed by atoms with Crippen molar-refractivity contribution in [3.63, 3.8) is 0 Å². The molecule has 0 saturated heterocycles. The van der Waals surface area contributed by atoms with Crippen LogP contribution in [0.5, 0.6) is 5.75 Å². The number of pyridine rings is 1. The first kappa shape index (κ1) is 20.3. The Hall–Kier alpha value is -3.42. The van der Waals surface area contributed by atoms with Crippen LogP contribution in [0, 0.1) is 13.8 Å². The molecule has 3 rings (SSSR count). The van der Waals surface area contributed by atoms with Crippen molar-refractivity contribution in [1.82, 2.24) is 19.7 Å². The highest BCUT2D eigenvalue weighted by Crippen LogP contribution is 2.23. The zero-order chi connectivity index (χ0) is 21.1. The van der Waals surface area contributed by atoms with E-state index < -0.39 is 0 Å². The van der Waals surface area contributed by atoms with Gasteiger partial charge in [-0.1, -0.05) is 6.07 Å². The number of nitrogens with zero attached hydrogens (tertiary/aromatic N) is 4. The SMILES string of the molecule is CCN(CC(=O)Nc1cccc(OC)c1)C(=O)c1cc(C)nc2c1c(C)nn2C. The lowest BCUT2D eigenvalue weighted by atomic mass is 10.1. The van der Waals surface area contributed by atoms with E-state index in [1.807, 2.05) is 20.8 Å². The van der Waals surface area contributed by atoms with Crippen molar-refractivity contribution in [3.8, 4) is 5.75 Å². The molecule has 29 heavy (non-hydrogen) atoms. The lowest BCUT2D eigenvalue weighted by molar-refractivity contribution is -0.116. The molecular formula is C21H25N5O3. The standard InChI is InChI=1S/C21H25N5O3/c1-6-26(12-18(27)23-15-8-7-9-16(11-15)29-5)21(28)17-10-13(2)22-20-19(17)14(3)24-25(20)4/h7-11H,6,12H2,1-5H3,(H,23,27). The second-order valence-electron chi connectivity index (χ2n) is 6.82. The molecule has 1 N–H and O–H groups in total. The van der Waals surface area contributed by atoms with E-state index in [4.69, 9.17) is 4.74 Å². The highest BCUT2D eigenvalue weighted by Gasteiger charge is 2.23. The number of amides is 2. The monoisotopic (exact) mass is 395 g/mol. The maximum absolute atomic E-state index is 13.3. The number of ether oxygens (including phenoxy) is 1. The summed E-state index contributed by atoms with van der Waals surface area (Å²) in [5.74, 6) is 0.145. The van der Waals surface area contributed by atoms with Crippen molar-refractivity contribution in [2.75, 3.05) is 25.5 Å². The summed E-state index contributed by atoms with van der Waals surface area (Å²) < 4.78 is 6.84. The van der Waals surface area contributed by atoms with Crippen LogP contribution in [0.3, 0.4) is 0 Å². The van der Waals surface area contributed by atoms with Gasteiger partial charge in [0.1, 0.15) is 12.3 Å². The Morgan fingerprint density at radius 2 is 2.00 bits per heavy atom. The molecule has 1 aromatic carbocycles. The number of aromatic nitrogens is 3. The fourth-order valence-corrected chi connectivity index (χ4v) is 3.31. The predicted molar refractivity (Wildman–Crippen MR) is 111 cm³/mol. The van der Waals surface area contributed by atoms with Gasteiger partial charge in [0.05, 0.1) is 23.8 Å². The van der Waals surface area contributed by atoms with E-state index in [1.54, 1.807) is 49.2 Å². The number of benzene rings is 1. The quantitative estimate of drug-likeness (QED) is 0.693. The average molecular weight is 395 g/mol. The number of anilines is 1. The largest absolute Gasteiger partial charge is 0.497 e. The van der Waals surface area contributed by atoms with Crippen LogP contribution < -0.4 is 10.1 Å². The first-order chi connectivity index (χ1) is 13.8. The predicted octanol–water partition coefficient (Wildman–Crippen LogP) is 2.69. The Labute approximate surface area is 169 Å². The average Bonchev–Trinajstić information content (AvgIpc) is 2.98. The van der Waals surface area contributed by atoms with Gasteiger partial charge in [-0.05, 0) is 39.0 Å². The Morgan fingerprint density at radius 3 is 2.69 bits per heavy atom. The topological polar surface area (TPSA) is 89.3 Å². The van der Waals surface area contributed by atoms with E-state index >= 15 is 0 Å². The number of likely N-dealkylation sites (N-methyl/N-ethyl adjacent to an activating group) is 1. The Kier molecular flexibility index (Phi) is 5.81. The van der Waals surface area contributed by atoms with Gasteiger partial charge in [-0.3, -0.25) is 14.3 Å². The van der Waals surface area contributed by atoms with E-state index in [0.717, 1.165) is 16.8 Å². The lowest BCUT2D eigenvalue weighted by Crippen LogP contribution is -2.38. The molecule has 8 nitrogen and oxygen atoms in total. The van der Waals surface area contributed by atoms with Crippen molar-refractivity contribution in [1.29, 1.82) is 0 Å². The number of aryl methyl sites for hydroxylation is 3. The molecule has 0 fully saturated rings. The van der Waals surface area contributed by atoms with Crippen molar-refractivity contribution >= 4 is 28.5 Å². The van der Waals surface area contributed by atoms with Crippen LogP contribution in [-0.2, 0) is 11.8 Å². The van der Waals surface area contributed by atoms with E-state index in [2.05, 4.69) is 15.4 Å². The summed E-state index contributed by atoms with van der Waals surface area (Å²) in [5, 5.41) is 7.91. The summed E-state index contributed by atoms with van der Waals surface area (Å²) in [5.41, 5.74) is 3.23. The molecular weight excluding hydrogens is 370 g/mol. The fourth-order valence-electron chi connectivity index (χ4n) is 3.31. The zero-order valence-corrected chi connectivity index (χ0v) is 17.3. The molecule has 0 unspecified atom stereocenters. The summed E-state index contributed by atoms with van der Waals surface area (Å²) in [6.07, 6.45) is 0. The molecule has 0 bridgehead atoms. The third-order valence-electron chi connectivity index (χ3n) is 4.68. The maximum Gasteiger partial charge on any atom is 0.255 e. The maximum atomic E-state index is 13.3. The summed E-state index contributed by atoms with van der Waals surface area (Å²) in [6.45, 7) is 5.87. The van der Waals surface area contributed by atoms with Gasteiger partial charge in [-0.2, -0.15) is 5.10 Å². The molecule has 8 heteroatoms. The second kappa shape index (κ2) is 8.30. The number of methoxy groups -OCH3 is 1. The molecule has 0 aliphatic rings. The molecule has 0 spiro atoms. The second-order valence-corrected chi connectivity index (χ2v) is 6.82. The number of rotatable bonds is 6. The van der Waals surface area contributed by atoms with E-state index in [9.17, 15) is 9.59 Å². The third-order valence-corrected chi connectivity index (χ3v) is 4.68. The summed E-state index contributed by atoms with van der Waals surface area (Å²) in [7, 11) is 3.37. The highest BCUT2D eigenvalue weighted by molar-refractivity contribution is 6.08. The fraction of sp³-hybridized carbons (Fsp3) is 0.333. The minimum Gasteiger partial charge on any atom is -0.497 e. The number of carbonyl (C=O) groups is 2. The van der Waals surface area contributed by atoms with Crippen LogP contribution in [0.1, 0.15) is 28.7 Å². The minimum atomic E-state index is -0.279. The Balaban J connectivity index is 1.84. The van der Waals surface area contributed by atoms with Gasteiger partial charge in [0.15, 0.2) is 5.65 Å². The molecule has 0 saturated carbocycles. The van der Waals surface area contributed by atoms with Crippen molar-refractivity contribution in [2.24, 2.45) is 7.05 Å². The van der Waals surface area contributed by atoms with Gasteiger partial charge < -0.3 is 15.0 Å². The number of carbonyl (C=O) groups excluding carboxylic acids is 2. The first-order valence-corrected chi connectivity index (χ1v) is 9.38. The van der Waals surface area contributed by atoms with Crippen molar-refractivity contribution in [3.05, 3.63) is 47.3 Å². The third kappa shape index (κ3) is 4.21. The zero-order valence-electron chi connectivity index (χ0n) is 17.3. The smallest absolute Gasteiger partial charge is 0.255 e. The van der Waals surface area contributed by atoms with Gasteiger partial charge in [0.2, 0.25) is 5.91 Å². The van der Waals surface area contributed by atoms with Gasteiger partial charge >= 0.3 is 0 Å². The van der Waals surface area contributed by atoms with Crippen molar-refractivity contribution < 1.29 is 14.3 Å². The molecule has 152 valence electrons. The van der Waals surface area contributed by atoms with Crippen LogP contribution >= 0.6 is 0 Å². The molecule has 2 aromatic heterocycles. The highest BCUT2D eigenvalue weighted by atomic mass is 16.5. The lowest BCUT2D eigenvalue weighted by Gasteiger charge is -2.21. The van der Waals surface area contributed by atoms with E-state index in [-0.39, 0.29) is 18.4 Å². The Morgan fingerprint density at radius 1 is 1.24 bits per heavy atom. The van der Waals surface area contributed by atoms with Crippen molar-refractivity contribution in [2.45, 2.75) is 20.8 Å². The molecule has 0 radical (unpaired) electrons. The molecule has 0 atom stereocenters. The molecule has 0 aliphatic carbocycles. The van der Waals surface area contributed by atoms with Crippen LogP contribution in [0.2, 0.25) is 0 Å². The molecule has 3 aromatic rings. The molecule has 2 amide bonds. The summed E-state index contributed by atoms with van der Waals surface area (Å²) in [6, 6.07) is 8.84. The van der Waals surface area contributed by atoms with E-state index in [0.29, 0.717) is 29.2 Å². The number of hydrogen-bond donors (Lipinski definition) is 1. The molecule has 2 heterocycles. The number of hydrogen-bond acceptors (Lipinski definition) is 5. The van der Waals surface area contributed by atoms with Gasteiger partial charge in [0.25, 0.3) is 5.91 Å². The van der Waals surface area contributed by atoms with E-state index in [1.165, 1.54) is 4.90 Å². The summed E-state index contributed by atoms with van der Waals surface area (Å²) >= 11 is 0. The normalized spacial score (nSPS) is 10.8. The number of nitrogens with one attached hydrogen (secondary N) is 1. The van der Waals surface area contributed by atoms with Crippen LogP contribution in [0.4, 0.5) is 5.69 Å². The first-order valence-electron chi connectivity index (χ1n) is 9.38. The van der Waals surface area contributed by atoms with Gasteiger partial charge in [-0.25, -0.2) is 4.98 Å². The number of fused-ring (bicyclic) bond motifs is 1. The van der Waals surface area contributed by atoms with Crippen LogP contribution in [-0.4, -0.2) is 51.7 Å².